The maximum absolute atomic E-state index is 15.2. The van der Waals surface area contributed by atoms with E-state index in [0.717, 1.165) is 32.0 Å². The topological polar surface area (TPSA) is 97.5 Å². The van der Waals surface area contributed by atoms with Gasteiger partial charge >= 0.3 is 0 Å². The van der Waals surface area contributed by atoms with Gasteiger partial charge in [0.2, 0.25) is 11.2 Å². The summed E-state index contributed by atoms with van der Waals surface area (Å²) in [6.07, 6.45) is 3.01. The Kier molecular flexibility index (Phi) is 5.53. The van der Waals surface area contributed by atoms with Crippen LogP contribution >= 0.6 is 24.0 Å². The number of halogens is 3. The molecule has 3 heterocycles. The van der Waals surface area contributed by atoms with E-state index in [4.69, 9.17) is 11.6 Å². The van der Waals surface area contributed by atoms with E-state index in [1.165, 1.54) is 17.3 Å². The minimum Gasteiger partial charge on any atom is -0.360 e. The molecule has 2 aromatic rings. The third-order valence-corrected chi connectivity index (χ3v) is 6.31. The second kappa shape index (κ2) is 7.89. The second-order valence-corrected chi connectivity index (χ2v) is 8.39. The van der Waals surface area contributed by atoms with Crippen molar-refractivity contribution in [1.29, 1.82) is 0 Å². The van der Waals surface area contributed by atoms with Gasteiger partial charge in [0.1, 0.15) is 5.82 Å². The van der Waals surface area contributed by atoms with Gasteiger partial charge in [-0.25, -0.2) is 4.39 Å². The summed E-state index contributed by atoms with van der Waals surface area (Å²) in [4.78, 5) is 37.0. The monoisotopic (exact) mass is 468 g/mol. The number of benzene rings is 1. The van der Waals surface area contributed by atoms with Gasteiger partial charge in [0.15, 0.2) is 0 Å². The number of Topliss-reactive ketones (excluding diaryl/α,β-unsaturated/α-hetero) is 1. The van der Waals surface area contributed by atoms with Gasteiger partial charge in [0, 0.05) is 43.3 Å². The van der Waals surface area contributed by atoms with Crippen molar-refractivity contribution < 1.29 is 14.1 Å². The van der Waals surface area contributed by atoms with Crippen LogP contribution in [0.1, 0.15) is 29.2 Å². The molecule has 5 rings (SSSR count). The lowest BCUT2D eigenvalue weighted by Crippen LogP contribution is -2.28. The number of carbonyl (C=O) groups excluding carboxylic acids is 1. The first kappa shape index (κ1) is 21.7. The lowest BCUT2D eigenvalue weighted by Gasteiger charge is -2.24. The normalized spacial score (nSPS) is 17.8. The molecular weight excluding hydrogens is 450 g/mol. The van der Waals surface area contributed by atoms with E-state index < -0.39 is 28.5 Å². The molecule has 0 saturated heterocycles. The predicted octanol–water partition coefficient (Wildman–Crippen LogP) is 2.73. The van der Waals surface area contributed by atoms with Crippen molar-refractivity contribution in [2.24, 2.45) is 0 Å². The SMILES string of the molecule is Cl.O=C(C[N+](=O)[O-])c1cn(C2CC2)c2c(Cl)c(N3CC4=C(CNC4)C3)c(F)cc2c1=O. The maximum Gasteiger partial charge on any atom is 0.266 e. The molecule has 1 fully saturated rings. The highest BCUT2D eigenvalue weighted by Crippen LogP contribution is 2.43. The third kappa shape index (κ3) is 3.60. The van der Waals surface area contributed by atoms with Crippen LogP contribution in [0.3, 0.4) is 0 Å². The van der Waals surface area contributed by atoms with Crippen LogP contribution in [0.5, 0.6) is 0 Å². The number of rotatable bonds is 5. The van der Waals surface area contributed by atoms with Crippen LogP contribution in [-0.2, 0) is 0 Å². The molecule has 3 aliphatic rings. The quantitative estimate of drug-likeness (QED) is 0.313. The molecule has 11 heteroatoms. The Morgan fingerprint density at radius 3 is 2.52 bits per heavy atom. The van der Waals surface area contributed by atoms with E-state index in [-0.39, 0.29) is 40.1 Å². The Balaban J connectivity index is 0.00000231. The first-order valence-electron chi connectivity index (χ1n) is 9.72. The zero-order valence-electron chi connectivity index (χ0n) is 16.3. The molecule has 0 bridgehead atoms. The molecule has 0 spiro atoms. The van der Waals surface area contributed by atoms with Gasteiger partial charge in [0.25, 0.3) is 6.54 Å². The van der Waals surface area contributed by atoms with Crippen LogP contribution in [0.4, 0.5) is 10.1 Å². The minimum absolute atomic E-state index is 0. The van der Waals surface area contributed by atoms with E-state index in [0.29, 0.717) is 18.6 Å². The first-order valence-corrected chi connectivity index (χ1v) is 10.1. The number of nitrogens with zero attached hydrogens (tertiary/aromatic N) is 3. The Labute approximate surface area is 187 Å². The van der Waals surface area contributed by atoms with E-state index in [1.54, 1.807) is 4.57 Å². The number of pyridine rings is 1. The molecule has 0 amide bonds. The molecule has 164 valence electrons. The van der Waals surface area contributed by atoms with Crippen LogP contribution < -0.4 is 15.6 Å². The van der Waals surface area contributed by atoms with Gasteiger partial charge < -0.3 is 14.8 Å². The van der Waals surface area contributed by atoms with E-state index in [9.17, 15) is 19.7 Å². The Hall–Kier alpha value is -2.49. The molecule has 0 atom stereocenters. The first-order chi connectivity index (χ1) is 14.3. The summed E-state index contributed by atoms with van der Waals surface area (Å²) in [5, 5.41) is 14.1. The highest BCUT2D eigenvalue weighted by atomic mass is 35.5. The molecule has 1 saturated carbocycles. The van der Waals surface area contributed by atoms with Gasteiger partial charge in [-0.15, -0.1) is 12.4 Å². The lowest BCUT2D eigenvalue weighted by molar-refractivity contribution is -0.465. The smallest absolute Gasteiger partial charge is 0.266 e. The number of fused-ring (bicyclic) bond motifs is 1. The molecule has 0 radical (unpaired) electrons. The number of nitro groups is 1. The maximum atomic E-state index is 15.2. The molecule has 1 aromatic heterocycles. The molecule has 2 aliphatic heterocycles. The molecular formula is C20H19Cl2FN4O4. The van der Waals surface area contributed by atoms with Crippen LogP contribution in [0, 0.1) is 15.9 Å². The number of hydrogen-bond acceptors (Lipinski definition) is 6. The summed E-state index contributed by atoms with van der Waals surface area (Å²) >= 11 is 6.68. The fraction of sp³-hybridized carbons (Fsp3) is 0.400. The van der Waals surface area contributed by atoms with Crippen LogP contribution in [-0.4, -0.2) is 48.0 Å². The Morgan fingerprint density at radius 1 is 1.29 bits per heavy atom. The van der Waals surface area contributed by atoms with Crippen molar-refractivity contribution in [3.8, 4) is 0 Å². The number of aromatic nitrogens is 1. The zero-order chi connectivity index (χ0) is 21.2. The van der Waals surface area contributed by atoms with Gasteiger partial charge in [-0.1, -0.05) is 11.6 Å². The molecule has 1 aliphatic carbocycles. The van der Waals surface area contributed by atoms with E-state index >= 15 is 4.39 Å². The Bertz CT molecular complexity index is 1210. The number of carbonyl (C=O) groups is 1. The highest BCUT2D eigenvalue weighted by molar-refractivity contribution is 6.38. The number of nitrogens with one attached hydrogen (secondary N) is 1. The Morgan fingerprint density at radius 2 is 1.94 bits per heavy atom. The van der Waals surface area contributed by atoms with Crippen LogP contribution in [0.2, 0.25) is 5.02 Å². The molecule has 1 aromatic carbocycles. The van der Waals surface area contributed by atoms with Crippen molar-refractivity contribution in [2.75, 3.05) is 37.6 Å². The zero-order valence-corrected chi connectivity index (χ0v) is 17.9. The minimum atomic E-state index is -0.987. The summed E-state index contributed by atoms with van der Waals surface area (Å²) in [5.41, 5.74) is 2.05. The lowest BCUT2D eigenvalue weighted by atomic mass is 10.1. The fourth-order valence-electron chi connectivity index (χ4n) is 4.39. The average molecular weight is 469 g/mol. The average Bonchev–Trinajstić information content (AvgIpc) is 3.30. The summed E-state index contributed by atoms with van der Waals surface area (Å²) in [5.74, 6) is -1.53. The highest BCUT2D eigenvalue weighted by Gasteiger charge is 2.33. The summed E-state index contributed by atoms with van der Waals surface area (Å²) < 4.78 is 16.9. The van der Waals surface area contributed by atoms with Gasteiger partial charge in [-0.05, 0) is 30.1 Å². The largest absolute Gasteiger partial charge is 0.360 e. The van der Waals surface area contributed by atoms with Crippen molar-refractivity contribution >= 4 is 46.4 Å². The van der Waals surface area contributed by atoms with E-state index in [2.05, 4.69) is 5.32 Å². The summed E-state index contributed by atoms with van der Waals surface area (Å²) in [6, 6.07) is 1.14. The van der Waals surface area contributed by atoms with Gasteiger partial charge in [0.05, 0.1) is 27.2 Å². The number of ketones is 1. The number of hydrogen-bond donors (Lipinski definition) is 1. The molecule has 8 nitrogen and oxygen atoms in total. The predicted molar refractivity (Wildman–Crippen MR) is 117 cm³/mol. The molecule has 1 N–H and O–H groups in total. The van der Waals surface area contributed by atoms with Crippen molar-refractivity contribution in [3.63, 3.8) is 0 Å². The van der Waals surface area contributed by atoms with Crippen LogP contribution in [0.25, 0.3) is 10.9 Å². The molecule has 0 unspecified atom stereocenters. The van der Waals surface area contributed by atoms with Gasteiger partial charge in [-0.3, -0.25) is 19.7 Å². The standard InChI is InChI=1S/C20H18ClFN4O4.ClH/c21-17-18-13(3-15(22)19(17)24-6-10-4-23-5-11(10)7-24)20(28)14(16(27)9-26(29)30)8-25(18)12-1-2-12;/h3,8,12,23H,1-2,4-7,9H2;1H. The van der Waals surface area contributed by atoms with Gasteiger partial charge in [-0.2, -0.15) is 0 Å². The van der Waals surface area contributed by atoms with Crippen LogP contribution in [0.15, 0.2) is 28.2 Å². The second-order valence-electron chi connectivity index (χ2n) is 8.01. The van der Waals surface area contributed by atoms with Crippen molar-refractivity contribution in [1.82, 2.24) is 9.88 Å². The fourth-order valence-corrected chi connectivity index (χ4v) is 4.80. The summed E-state index contributed by atoms with van der Waals surface area (Å²) in [6.45, 7) is 1.69. The van der Waals surface area contributed by atoms with Crippen molar-refractivity contribution in [2.45, 2.75) is 18.9 Å². The van der Waals surface area contributed by atoms with Crippen molar-refractivity contribution in [3.05, 3.63) is 60.2 Å². The molecule has 31 heavy (non-hydrogen) atoms. The van der Waals surface area contributed by atoms with E-state index in [1.807, 2.05) is 4.90 Å². The third-order valence-electron chi connectivity index (χ3n) is 5.95. The number of anilines is 1. The summed E-state index contributed by atoms with van der Waals surface area (Å²) in [7, 11) is 0.